The lowest BCUT2D eigenvalue weighted by molar-refractivity contribution is -0.870. The van der Waals surface area contributed by atoms with Crippen LogP contribution >= 0.6 is 0 Å². The summed E-state index contributed by atoms with van der Waals surface area (Å²) in [5.74, 6) is 5.59. The summed E-state index contributed by atoms with van der Waals surface area (Å²) in [7, 11) is 6.92. The number of fused-ring (bicyclic) bond motifs is 5. The van der Waals surface area contributed by atoms with E-state index in [2.05, 4.69) is 61.8 Å². The summed E-state index contributed by atoms with van der Waals surface area (Å²) in [6, 6.07) is 0. The Hall–Kier alpha value is -0.340. The Morgan fingerprint density at radius 1 is 0.767 bits per heavy atom. The lowest BCUT2D eigenvalue weighted by atomic mass is 9.47. The fraction of sp³-hybridized carbons (Fsp3) is 0.951. The molecule has 0 amide bonds. The van der Waals surface area contributed by atoms with Gasteiger partial charge in [-0.15, -0.1) is 0 Å². The number of rotatable bonds is 18. The topological polar surface area (TPSA) is 9.23 Å². The van der Waals surface area contributed by atoms with E-state index in [-0.39, 0.29) is 0 Å². The van der Waals surface area contributed by atoms with Crippen molar-refractivity contribution in [2.45, 2.75) is 169 Å². The molecule has 0 radical (unpaired) electrons. The third-order valence-corrected chi connectivity index (χ3v) is 13.6. The highest BCUT2D eigenvalue weighted by Crippen LogP contribution is 2.67. The minimum atomic E-state index is 0.455. The van der Waals surface area contributed by atoms with Crippen LogP contribution in [-0.4, -0.2) is 44.9 Å². The Bertz CT molecular complexity index is 854. The van der Waals surface area contributed by atoms with E-state index in [1.165, 1.54) is 135 Å². The van der Waals surface area contributed by atoms with Gasteiger partial charge in [-0.3, -0.25) is 0 Å². The average molecular weight is 599 g/mol. The Morgan fingerprint density at radius 3 is 2.12 bits per heavy atom. The molecule has 43 heavy (non-hydrogen) atoms. The third-order valence-electron chi connectivity index (χ3n) is 13.6. The highest BCUT2D eigenvalue weighted by atomic mass is 16.5. The molecule has 0 N–H and O–H groups in total. The van der Waals surface area contributed by atoms with Crippen LogP contribution in [-0.2, 0) is 4.74 Å². The van der Waals surface area contributed by atoms with E-state index in [1.54, 1.807) is 5.57 Å². The summed E-state index contributed by atoms with van der Waals surface area (Å²) in [6.45, 7) is 15.1. The van der Waals surface area contributed by atoms with Crippen molar-refractivity contribution in [2.24, 2.45) is 46.3 Å². The van der Waals surface area contributed by atoms with Crippen molar-refractivity contribution in [1.29, 1.82) is 0 Å². The first-order valence-electron chi connectivity index (χ1n) is 19.6. The summed E-state index contributed by atoms with van der Waals surface area (Å²) in [5, 5.41) is 0. The second kappa shape index (κ2) is 16.0. The van der Waals surface area contributed by atoms with E-state index in [0.29, 0.717) is 16.9 Å². The maximum Gasteiger partial charge on any atom is 0.0780 e. The highest BCUT2D eigenvalue weighted by Gasteiger charge is 2.59. The molecular formula is C41H76NO+. The Kier molecular flexibility index (Phi) is 13.2. The van der Waals surface area contributed by atoms with Crippen molar-refractivity contribution in [2.75, 3.05) is 34.3 Å². The van der Waals surface area contributed by atoms with Crippen molar-refractivity contribution in [3.05, 3.63) is 11.6 Å². The molecule has 2 nitrogen and oxygen atoms in total. The molecular weight excluding hydrogens is 522 g/mol. The molecule has 250 valence electrons. The summed E-state index contributed by atoms with van der Waals surface area (Å²) < 4.78 is 7.65. The van der Waals surface area contributed by atoms with Gasteiger partial charge in [-0.25, -0.2) is 0 Å². The zero-order valence-corrected chi connectivity index (χ0v) is 30.5. The first kappa shape index (κ1) is 35.5. The van der Waals surface area contributed by atoms with Crippen molar-refractivity contribution >= 4 is 0 Å². The molecule has 0 spiro atoms. The molecule has 0 unspecified atom stereocenters. The molecule has 0 heterocycles. The van der Waals surface area contributed by atoms with Crippen LogP contribution in [0.25, 0.3) is 0 Å². The number of nitrogens with zero attached hydrogens (tertiary/aromatic N) is 1. The molecule has 0 aromatic rings. The van der Waals surface area contributed by atoms with Gasteiger partial charge in [0.2, 0.25) is 0 Å². The first-order valence-corrected chi connectivity index (χ1v) is 19.6. The average Bonchev–Trinajstić information content (AvgIpc) is 3.30. The molecule has 4 aliphatic carbocycles. The van der Waals surface area contributed by atoms with Crippen LogP contribution in [0.15, 0.2) is 11.6 Å². The van der Waals surface area contributed by atoms with Crippen LogP contribution in [0.3, 0.4) is 0 Å². The summed E-state index contributed by atoms with van der Waals surface area (Å²) in [6.07, 6.45) is 31.4. The van der Waals surface area contributed by atoms with Gasteiger partial charge in [0.1, 0.15) is 0 Å². The van der Waals surface area contributed by atoms with Crippen LogP contribution in [0, 0.1) is 46.3 Å². The van der Waals surface area contributed by atoms with Gasteiger partial charge in [-0.05, 0) is 117 Å². The Balaban J connectivity index is 1.15. The summed E-state index contributed by atoms with van der Waals surface area (Å²) in [5.41, 5.74) is 2.86. The Labute approximate surface area is 270 Å². The lowest BCUT2D eigenvalue weighted by Gasteiger charge is -2.58. The van der Waals surface area contributed by atoms with E-state index in [9.17, 15) is 0 Å². The fourth-order valence-corrected chi connectivity index (χ4v) is 11.0. The van der Waals surface area contributed by atoms with Crippen LogP contribution in [0.5, 0.6) is 0 Å². The quantitative estimate of drug-likeness (QED) is 0.0866. The number of quaternary nitrogens is 1. The fourth-order valence-electron chi connectivity index (χ4n) is 11.0. The van der Waals surface area contributed by atoms with E-state index in [0.717, 1.165) is 46.6 Å². The highest BCUT2D eigenvalue weighted by molar-refractivity contribution is 5.25. The number of ether oxygens (including phenoxy) is 1. The molecule has 0 aliphatic heterocycles. The summed E-state index contributed by atoms with van der Waals surface area (Å²) >= 11 is 0. The van der Waals surface area contributed by atoms with Gasteiger partial charge in [0, 0.05) is 6.61 Å². The van der Waals surface area contributed by atoms with Gasteiger partial charge in [-0.2, -0.15) is 0 Å². The van der Waals surface area contributed by atoms with Crippen LogP contribution in [0.4, 0.5) is 0 Å². The first-order chi connectivity index (χ1) is 20.4. The number of unbranched alkanes of at least 4 members (excludes halogenated alkanes) is 8. The molecule has 2 heteroatoms. The van der Waals surface area contributed by atoms with E-state index < -0.39 is 0 Å². The second-order valence-corrected chi connectivity index (χ2v) is 18.2. The SMILES string of the molecule is CC(C)CCC[C@@H](C)[C@H]1CC[C@H]2[C@@H]3CC=C4C[C@@H](OCCCCCCCCCCC[N+](C)(C)C)CC[C@]4(C)[C@H]3CC[C@]12C. The molecule has 0 bridgehead atoms. The van der Waals surface area contributed by atoms with Gasteiger partial charge in [0.15, 0.2) is 0 Å². The van der Waals surface area contributed by atoms with Gasteiger partial charge in [-0.1, -0.05) is 104 Å². The summed E-state index contributed by atoms with van der Waals surface area (Å²) in [4.78, 5) is 0. The van der Waals surface area contributed by atoms with Gasteiger partial charge in [0.05, 0.1) is 33.8 Å². The van der Waals surface area contributed by atoms with Crippen molar-refractivity contribution < 1.29 is 9.22 Å². The minimum Gasteiger partial charge on any atom is -0.378 e. The Morgan fingerprint density at radius 2 is 1.44 bits per heavy atom. The zero-order chi connectivity index (χ0) is 31.1. The smallest absolute Gasteiger partial charge is 0.0780 e. The maximum atomic E-state index is 6.54. The van der Waals surface area contributed by atoms with Crippen molar-refractivity contribution in [3.63, 3.8) is 0 Å². The molecule has 0 aromatic heterocycles. The number of hydrogen-bond donors (Lipinski definition) is 0. The molecule has 0 saturated heterocycles. The molecule has 3 saturated carbocycles. The zero-order valence-electron chi connectivity index (χ0n) is 30.5. The predicted octanol–water partition coefficient (Wildman–Crippen LogP) is 11.6. The van der Waals surface area contributed by atoms with Crippen LogP contribution in [0.1, 0.15) is 163 Å². The molecule has 0 aromatic carbocycles. The van der Waals surface area contributed by atoms with Crippen molar-refractivity contribution in [3.8, 4) is 0 Å². The van der Waals surface area contributed by atoms with Crippen LogP contribution in [0.2, 0.25) is 0 Å². The van der Waals surface area contributed by atoms with Crippen LogP contribution < -0.4 is 0 Å². The molecule has 4 rings (SSSR count). The van der Waals surface area contributed by atoms with E-state index >= 15 is 0 Å². The standard InChI is InChI=1S/C41H76NO/c1-32(2)19-18-20-33(3)37-23-24-38-36-22-21-34-31-35(25-27-40(34,4)39(36)26-28-41(37,38)5)43-30-17-15-13-11-9-10-12-14-16-29-42(6,7)8/h21,32-33,35-39H,9-20,22-31H2,1-8H3/q+1/t33-,35+,36+,37-,38+,39+,40+,41-/m1/s1. The van der Waals surface area contributed by atoms with Crippen molar-refractivity contribution in [1.82, 2.24) is 0 Å². The largest absolute Gasteiger partial charge is 0.378 e. The second-order valence-electron chi connectivity index (χ2n) is 18.2. The lowest BCUT2D eigenvalue weighted by Crippen LogP contribution is -2.51. The third kappa shape index (κ3) is 9.36. The normalized spacial score (nSPS) is 34.9. The maximum absolute atomic E-state index is 6.54. The van der Waals surface area contributed by atoms with E-state index in [1.807, 2.05) is 0 Å². The molecule has 8 atom stereocenters. The molecule has 3 fully saturated rings. The van der Waals surface area contributed by atoms with E-state index in [4.69, 9.17) is 4.74 Å². The minimum absolute atomic E-state index is 0.455. The number of hydrogen-bond acceptors (Lipinski definition) is 1. The van der Waals surface area contributed by atoms with Gasteiger partial charge < -0.3 is 9.22 Å². The predicted molar refractivity (Wildman–Crippen MR) is 187 cm³/mol. The van der Waals surface area contributed by atoms with Gasteiger partial charge >= 0.3 is 0 Å². The van der Waals surface area contributed by atoms with Gasteiger partial charge in [0.25, 0.3) is 0 Å². The monoisotopic (exact) mass is 599 g/mol. The molecule has 4 aliphatic rings. The number of allylic oxidation sites excluding steroid dienone is 1.